The minimum Gasteiger partial charge on any atom is -0.350 e. The summed E-state index contributed by atoms with van der Waals surface area (Å²) < 4.78 is 0. The molecule has 16 heavy (non-hydrogen) atoms. The van der Waals surface area contributed by atoms with E-state index in [0.29, 0.717) is 12.6 Å². The van der Waals surface area contributed by atoms with Crippen LogP contribution in [0.2, 0.25) is 0 Å². The summed E-state index contributed by atoms with van der Waals surface area (Å²) >= 11 is 0. The molecule has 86 valence electrons. The summed E-state index contributed by atoms with van der Waals surface area (Å²) in [5.41, 5.74) is -0.181. The number of carbonyl (C=O) groups is 1. The Morgan fingerprint density at radius 1 is 1.56 bits per heavy atom. The molecule has 5 heteroatoms. The summed E-state index contributed by atoms with van der Waals surface area (Å²) in [5.74, 6) is -0.310. The van der Waals surface area contributed by atoms with E-state index in [1.165, 1.54) is 12.3 Å². The van der Waals surface area contributed by atoms with Gasteiger partial charge < -0.3 is 15.6 Å². The normalized spacial score (nSPS) is 19.6. The fraction of sp³-hybridized carbons (Fsp3) is 0.455. The van der Waals surface area contributed by atoms with Gasteiger partial charge >= 0.3 is 0 Å². The lowest BCUT2D eigenvalue weighted by molar-refractivity contribution is 0.0949. The fourth-order valence-electron chi connectivity index (χ4n) is 1.84. The summed E-state index contributed by atoms with van der Waals surface area (Å²) in [4.78, 5) is 25.5. The summed E-state index contributed by atoms with van der Waals surface area (Å²) in [7, 11) is 0. The third-order valence-electron chi connectivity index (χ3n) is 2.73. The molecular formula is C11H15N3O2. The predicted molar refractivity (Wildman–Crippen MR) is 60.4 cm³/mol. The van der Waals surface area contributed by atoms with Gasteiger partial charge in [-0.15, -0.1) is 0 Å². The van der Waals surface area contributed by atoms with Crippen molar-refractivity contribution in [3.05, 3.63) is 34.2 Å². The Morgan fingerprint density at radius 2 is 2.44 bits per heavy atom. The minimum absolute atomic E-state index is 0.167. The Kier molecular flexibility index (Phi) is 3.36. The largest absolute Gasteiger partial charge is 0.350 e. The SMILES string of the molecule is O=C(NCC1CCCN1)c1ccc[nH]c1=O. The van der Waals surface area contributed by atoms with Crippen molar-refractivity contribution in [3.63, 3.8) is 0 Å². The van der Waals surface area contributed by atoms with E-state index in [-0.39, 0.29) is 17.0 Å². The molecule has 0 spiro atoms. The van der Waals surface area contributed by atoms with E-state index in [4.69, 9.17) is 0 Å². The van der Waals surface area contributed by atoms with Crippen LogP contribution in [0.5, 0.6) is 0 Å². The highest BCUT2D eigenvalue weighted by molar-refractivity contribution is 5.93. The van der Waals surface area contributed by atoms with Crippen LogP contribution in [0.3, 0.4) is 0 Å². The average molecular weight is 221 g/mol. The van der Waals surface area contributed by atoms with Crippen molar-refractivity contribution >= 4 is 5.91 Å². The molecule has 1 aliphatic rings. The average Bonchev–Trinajstić information content (AvgIpc) is 2.79. The molecule has 1 fully saturated rings. The van der Waals surface area contributed by atoms with Gasteiger partial charge in [-0.2, -0.15) is 0 Å². The molecule has 0 radical (unpaired) electrons. The molecule has 0 aliphatic carbocycles. The molecule has 2 heterocycles. The molecule has 1 aliphatic heterocycles. The Morgan fingerprint density at radius 3 is 3.12 bits per heavy atom. The van der Waals surface area contributed by atoms with Gasteiger partial charge in [-0.05, 0) is 31.5 Å². The number of hydrogen-bond acceptors (Lipinski definition) is 3. The second-order valence-corrected chi connectivity index (χ2v) is 3.92. The number of H-pyrrole nitrogens is 1. The number of aromatic nitrogens is 1. The first kappa shape index (κ1) is 10.9. The Hall–Kier alpha value is -1.62. The highest BCUT2D eigenvalue weighted by Gasteiger charge is 2.16. The van der Waals surface area contributed by atoms with Crippen molar-refractivity contribution < 1.29 is 4.79 Å². The van der Waals surface area contributed by atoms with Crippen LogP contribution in [-0.2, 0) is 0 Å². The van der Waals surface area contributed by atoms with E-state index in [9.17, 15) is 9.59 Å². The molecule has 0 bridgehead atoms. The Bertz CT molecular complexity index is 421. The summed E-state index contributed by atoms with van der Waals surface area (Å²) in [6.07, 6.45) is 3.73. The van der Waals surface area contributed by atoms with Crippen LogP contribution in [0, 0.1) is 0 Å². The summed E-state index contributed by atoms with van der Waals surface area (Å²) in [6.45, 7) is 1.58. The number of nitrogens with one attached hydrogen (secondary N) is 3. The van der Waals surface area contributed by atoms with E-state index >= 15 is 0 Å². The van der Waals surface area contributed by atoms with Gasteiger partial charge in [0.2, 0.25) is 0 Å². The number of pyridine rings is 1. The van der Waals surface area contributed by atoms with Gasteiger partial charge in [0.15, 0.2) is 0 Å². The van der Waals surface area contributed by atoms with Gasteiger partial charge in [-0.25, -0.2) is 0 Å². The predicted octanol–water partition coefficient (Wildman–Crippen LogP) is -0.143. The minimum atomic E-state index is -0.348. The number of carbonyl (C=O) groups excluding carboxylic acids is 1. The zero-order chi connectivity index (χ0) is 11.4. The van der Waals surface area contributed by atoms with Crippen molar-refractivity contribution in [3.8, 4) is 0 Å². The molecule has 2 rings (SSSR count). The number of amides is 1. The van der Waals surface area contributed by atoms with Crippen LogP contribution in [0.25, 0.3) is 0 Å². The number of rotatable bonds is 3. The highest BCUT2D eigenvalue weighted by atomic mass is 16.2. The van der Waals surface area contributed by atoms with Crippen molar-refractivity contribution in [1.82, 2.24) is 15.6 Å². The second-order valence-electron chi connectivity index (χ2n) is 3.92. The molecule has 1 saturated heterocycles. The van der Waals surface area contributed by atoms with Crippen LogP contribution >= 0.6 is 0 Å². The molecule has 1 amide bonds. The standard InChI is InChI=1S/C11H15N3O2/c15-10-9(4-2-6-13-10)11(16)14-7-8-3-1-5-12-8/h2,4,6,8,12H,1,3,5,7H2,(H,13,15)(H,14,16). The van der Waals surface area contributed by atoms with E-state index in [2.05, 4.69) is 15.6 Å². The number of hydrogen-bond donors (Lipinski definition) is 3. The van der Waals surface area contributed by atoms with E-state index in [1.54, 1.807) is 6.07 Å². The monoisotopic (exact) mass is 221 g/mol. The lowest BCUT2D eigenvalue weighted by Crippen LogP contribution is -2.38. The molecule has 1 unspecified atom stereocenters. The van der Waals surface area contributed by atoms with Crippen molar-refractivity contribution in [2.45, 2.75) is 18.9 Å². The van der Waals surface area contributed by atoms with Gasteiger partial charge in [-0.1, -0.05) is 0 Å². The maximum absolute atomic E-state index is 11.7. The molecule has 1 aromatic rings. The number of aromatic amines is 1. The van der Waals surface area contributed by atoms with Crippen LogP contribution in [0.15, 0.2) is 23.1 Å². The van der Waals surface area contributed by atoms with E-state index in [1.807, 2.05) is 0 Å². The van der Waals surface area contributed by atoms with Gasteiger partial charge in [0.05, 0.1) is 0 Å². The van der Waals surface area contributed by atoms with Crippen molar-refractivity contribution in [2.75, 3.05) is 13.1 Å². The van der Waals surface area contributed by atoms with Crippen molar-refractivity contribution in [1.29, 1.82) is 0 Å². The van der Waals surface area contributed by atoms with Gasteiger partial charge in [-0.3, -0.25) is 9.59 Å². The second kappa shape index (κ2) is 4.94. The topological polar surface area (TPSA) is 74.0 Å². The molecule has 1 atom stereocenters. The van der Waals surface area contributed by atoms with Crippen molar-refractivity contribution in [2.24, 2.45) is 0 Å². The highest BCUT2D eigenvalue weighted by Crippen LogP contribution is 2.03. The first-order valence-corrected chi connectivity index (χ1v) is 5.46. The lowest BCUT2D eigenvalue weighted by Gasteiger charge is -2.10. The third-order valence-corrected chi connectivity index (χ3v) is 2.73. The third kappa shape index (κ3) is 2.49. The Balaban J connectivity index is 1.93. The van der Waals surface area contributed by atoms with Gasteiger partial charge in [0, 0.05) is 18.8 Å². The van der Waals surface area contributed by atoms with Crippen LogP contribution in [0.1, 0.15) is 23.2 Å². The van der Waals surface area contributed by atoms with E-state index in [0.717, 1.165) is 19.4 Å². The molecule has 3 N–H and O–H groups in total. The molecular weight excluding hydrogens is 206 g/mol. The Labute approximate surface area is 93.3 Å². The molecule has 0 saturated carbocycles. The van der Waals surface area contributed by atoms with Gasteiger partial charge in [0.25, 0.3) is 11.5 Å². The fourth-order valence-corrected chi connectivity index (χ4v) is 1.84. The van der Waals surface area contributed by atoms with Crippen LogP contribution < -0.4 is 16.2 Å². The maximum Gasteiger partial charge on any atom is 0.260 e. The van der Waals surface area contributed by atoms with Crippen LogP contribution in [-0.4, -0.2) is 30.0 Å². The zero-order valence-corrected chi connectivity index (χ0v) is 8.95. The maximum atomic E-state index is 11.7. The summed E-state index contributed by atoms with van der Waals surface area (Å²) in [5, 5.41) is 6.04. The van der Waals surface area contributed by atoms with Crippen LogP contribution in [0.4, 0.5) is 0 Å². The smallest absolute Gasteiger partial charge is 0.260 e. The first-order chi connectivity index (χ1) is 7.77. The molecule has 0 aromatic carbocycles. The quantitative estimate of drug-likeness (QED) is 0.665. The zero-order valence-electron chi connectivity index (χ0n) is 8.95. The molecule has 1 aromatic heterocycles. The summed E-state index contributed by atoms with van der Waals surface area (Å²) in [6, 6.07) is 3.51. The van der Waals surface area contributed by atoms with Gasteiger partial charge in [0.1, 0.15) is 5.56 Å². The van der Waals surface area contributed by atoms with E-state index < -0.39 is 0 Å². The molecule has 5 nitrogen and oxygen atoms in total. The lowest BCUT2D eigenvalue weighted by atomic mass is 10.2. The first-order valence-electron chi connectivity index (χ1n) is 5.46.